The van der Waals surface area contributed by atoms with Crippen molar-refractivity contribution in [1.29, 1.82) is 0 Å². The molecule has 92 valence electrons. The van der Waals surface area contributed by atoms with Crippen LogP contribution in [0.3, 0.4) is 0 Å². The summed E-state index contributed by atoms with van der Waals surface area (Å²) in [4.78, 5) is 15.6. The number of nitrogens with one attached hydrogen (secondary N) is 1. The zero-order valence-corrected chi connectivity index (χ0v) is 9.77. The average molecular weight is 243 g/mol. The summed E-state index contributed by atoms with van der Waals surface area (Å²) in [5, 5.41) is 2.80. The summed E-state index contributed by atoms with van der Waals surface area (Å²) in [6.07, 6.45) is 2.74. The van der Waals surface area contributed by atoms with Crippen molar-refractivity contribution in [2.45, 2.75) is 12.8 Å². The molecule has 0 fully saturated rings. The second kappa shape index (κ2) is 4.27. The molecule has 3 rings (SSSR count). The van der Waals surface area contributed by atoms with Crippen LogP contribution in [0.5, 0.6) is 0 Å². The maximum atomic E-state index is 11.3. The Morgan fingerprint density at radius 3 is 3.17 bits per heavy atom. The van der Waals surface area contributed by atoms with Gasteiger partial charge in [-0.25, -0.2) is 4.98 Å². The molecule has 0 aliphatic carbocycles. The van der Waals surface area contributed by atoms with Crippen molar-refractivity contribution in [3.63, 3.8) is 0 Å². The van der Waals surface area contributed by atoms with Gasteiger partial charge in [-0.05, 0) is 30.3 Å². The normalized spacial score (nSPS) is 13.5. The summed E-state index contributed by atoms with van der Waals surface area (Å²) in [6.45, 7) is 0.550. The van der Waals surface area contributed by atoms with Crippen LogP contribution in [0.1, 0.15) is 11.3 Å². The first-order valence-electron chi connectivity index (χ1n) is 5.84. The molecule has 2 heterocycles. The van der Waals surface area contributed by atoms with Gasteiger partial charge in [-0.2, -0.15) is 0 Å². The molecule has 0 bridgehead atoms. The SMILES string of the molecule is NCCc1coc(-c2ccc3c(c2)CC(=O)N3)n1. The van der Waals surface area contributed by atoms with Crippen LogP contribution in [0.25, 0.3) is 11.5 Å². The number of benzene rings is 1. The lowest BCUT2D eigenvalue weighted by atomic mass is 10.1. The molecule has 0 saturated carbocycles. The van der Waals surface area contributed by atoms with E-state index in [2.05, 4.69) is 10.3 Å². The van der Waals surface area contributed by atoms with Gasteiger partial charge in [0.1, 0.15) is 6.26 Å². The minimum absolute atomic E-state index is 0.0263. The fraction of sp³-hybridized carbons (Fsp3) is 0.231. The van der Waals surface area contributed by atoms with Crippen molar-refractivity contribution in [2.75, 3.05) is 11.9 Å². The number of nitrogens with two attached hydrogens (primary N) is 1. The maximum absolute atomic E-state index is 11.3. The van der Waals surface area contributed by atoms with Crippen LogP contribution in [0.2, 0.25) is 0 Å². The minimum atomic E-state index is 0.0263. The molecule has 1 aliphatic heterocycles. The van der Waals surface area contributed by atoms with Crippen LogP contribution in [0.4, 0.5) is 5.69 Å². The third kappa shape index (κ3) is 1.89. The Morgan fingerprint density at radius 2 is 2.33 bits per heavy atom. The lowest BCUT2D eigenvalue weighted by molar-refractivity contribution is -0.115. The first kappa shape index (κ1) is 11.0. The number of hydrogen-bond donors (Lipinski definition) is 2. The number of anilines is 1. The number of carbonyl (C=O) groups is 1. The van der Waals surface area contributed by atoms with Gasteiger partial charge in [-0.15, -0.1) is 0 Å². The number of amides is 1. The Bertz CT molecular complexity index is 604. The zero-order valence-electron chi connectivity index (χ0n) is 9.77. The lowest BCUT2D eigenvalue weighted by Gasteiger charge is -2.00. The molecular formula is C13H13N3O2. The Balaban J connectivity index is 1.92. The van der Waals surface area contributed by atoms with Crippen molar-refractivity contribution in [3.05, 3.63) is 35.7 Å². The number of hydrogen-bond acceptors (Lipinski definition) is 4. The van der Waals surface area contributed by atoms with Crippen LogP contribution in [-0.4, -0.2) is 17.4 Å². The summed E-state index contributed by atoms with van der Waals surface area (Å²) >= 11 is 0. The van der Waals surface area contributed by atoms with Gasteiger partial charge >= 0.3 is 0 Å². The molecule has 1 aromatic heterocycles. The van der Waals surface area contributed by atoms with E-state index in [4.69, 9.17) is 10.2 Å². The molecule has 0 spiro atoms. The first-order valence-corrected chi connectivity index (χ1v) is 5.84. The van der Waals surface area contributed by atoms with Crippen molar-refractivity contribution >= 4 is 11.6 Å². The fourth-order valence-electron chi connectivity index (χ4n) is 2.06. The summed E-state index contributed by atoms with van der Waals surface area (Å²) in [7, 11) is 0. The van der Waals surface area contributed by atoms with Gasteiger partial charge < -0.3 is 15.5 Å². The largest absolute Gasteiger partial charge is 0.444 e. The van der Waals surface area contributed by atoms with Crippen molar-refractivity contribution in [3.8, 4) is 11.5 Å². The smallest absolute Gasteiger partial charge is 0.228 e. The van der Waals surface area contributed by atoms with Gasteiger partial charge in [0.2, 0.25) is 11.8 Å². The number of oxazole rings is 1. The molecule has 0 atom stereocenters. The summed E-state index contributed by atoms with van der Waals surface area (Å²) in [5.41, 5.74) is 9.06. The van der Waals surface area contributed by atoms with Crippen molar-refractivity contribution < 1.29 is 9.21 Å². The van der Waals surface area contributed by atoms with Crippen LogP contribution < -0.4 is 11.1 Å². The fourth-order valence-corrected chi connectivity index (χ4v) is 2.06. The first-order chi connectivity index (χ1) is 8.76. The highest BCUT2D eigenvalue weighted by Crippen LogP contribution is 2.28. The predicted molar refractivity (Wildman–Crippen MR) is 67.0 cm³/mol. The Labute approximate surface area is 104 Å². The van der Waals surface area contributed by atoms with E-state index in [0.29, 0.717) is 25.3 Å². The summed E-state index contributed by atoms with van der Waals surface area (Å²) in [5.74, 6) is 0.596. The molecule has 0 saturated heterocycles. The van der Waals surface area contributed by atoms with Gasteiger partial charge in [-0.3, -0.25) is 4.79 Å². The Hall–Kier alpha value is -2.14. The van der Waals surface area contributed by atoms with E-state index in [0.717, 1.165) is 22.5 Å². The standard InChI is InChI=1S/C13H13N3O2/c14-4-3-10-7-18-13(15-10)8-1-2-11-9(5-8)6-12(17)16-11/h1-2,5,7H,3-4,6,14H2,(H,16,17). The Kier molecular flexibility index (Phi) is 2.60. The summed E-state index contributed by atoms with van der Waals surface area (Å²) < 4.78 is 5.42. The van der Waals surface area contributed by atoms with E-state index in [9.17, 15) is 4.79 Å². The van der Waals surface area contributed by atoms with E-state index in [1.54, 1.807) is 6.26 Å². The predicted octanol–water partition coefficient (Wildman–Crippen LogP) is 1.34. The molecule has 5 heteroatoms. The maximum Gasteiger partial charge on any atom is 0.228 e. The highest BCUT2D eigenvalue weighted by Gasteiger charge is 2.18. The van der Waals surface area contributed by atoms with Gasteiger partial charge in [-0.1, -0.05) is 0 Å². The molecule has 18 heavy (non-hydrogen) atoms. The third-order valence-corrected chi connectivity index (χ3v) is 2.93. The van der Waals surface area contributed by atoms with E-state index in [1.807, 2.05) is 18.2 Å². The van der Waals surface area contributed by atoms with Crippen molar-refractivity contribution in [1.82, 2.24) is 4.98 Å². The highest BCUT2D eigenvalue weighted by molar-refractivity contribution is 5.99. The molecule has 3 N–H and O–H groups in total. The number of aromatic nitrogens is 1. The van der Waals surface area contributed by atoms with Crippen LogP contribution in [0.15, 0.2) is 28.9 Å². The quantitative estimate of drug-likeness (QED) is 0.852. The number of nitrogens with zero attached hydrogens (tertiary/aromatic N) is 1. The van der Waals surface area contributed by atoms with Crippen LogP contribution in [0, 0.1) is 0 Å². The lowest BCUT2D eigenvalue weighted by Crippen LogP contribution is -2.03. The van der Waals surface area contributed by atoms with Gasteiger partial charge in [0.25, 0.3) is 0 Å². The molecule has 0 radical (unpaired) electrons. The average Bonchev–Trinajstić information content (AvgIpc) is 2.93. The molecule has 1 amide bonds. The topological polar surface area (TPSA) is 81.1 Å². The second-order valence-electron chi connectivity index (χ2n) is 4.28. The van der Waals surface area contributed by atoms with E-state index >= 15 is 0 Å². The molecule has 2 aromatic rings. The van der Waals surface area contributed by atoms with Gasteiger partial charge in [0.05, 0.1) is 12.1 Å². The van der Waals surface area contributed by atoms with E-state index in [-0.39, 0.29) is 5.91 Å². The molecule has 1 aliphatic rings. The van der Waals surface area contributed by atoms with Gasteiger partial charge in [0, 0.05) is 17.7 Å². The second-order valence-corrected chi connectivity index (χ2v) is 4.28. The summed E-state index contributed by atoms with van der Waals surface area (Å²) in [6, 6.07) is 5.70. The molecular weight excluding hydrogens is 230 g/mol. The minimum Gasteiger partial charge on any atom is -0.444 e. The van der Waals surface area contributed by atoms with Crippen LogP contribution >= 0.6 is 0 Å². The monoisotopic (exact) mass is 243 g/mol. The molecule has 1 aromatic carbocycles. The zero-order chi connectivity index (χ0) is 12.5. The van der Waals surface area contributed by atoms with Gasteiger partial charge in [0.15, 0.2) is 0 Å². The Morgan fingerprint density at radius 1 is 1.44 bits per heavy atom. The van der Waals surface area contributed by atoms with Crippen molar-refractivity contribution in [2.24, 2.45) is 5.73 Å². The number of carbonyl (C=O) groups excluding carboxylic acids is 1. The molecule has 5 nitrogen and oxygen atoms in total. The molecule has 0 unspecified atom stereocenters. The van der Waals surface area contributed by atoms with E-state index < -0.39 is 0 Å². The van der Waals surface area contributed by atoms with E-state index in [1.165, 1.54) is 0 Å². The highest BCUT2D eigenvalue weighted by atomic mass is 16.3. The van der Waals surface area contributed by atoms with Crippen LogP contribution in [-0.2, 0) is 17.6 Å². The number of fused-ring (bicyclic) bond motifs is 1. The third-order valence-electron chi connectivity index (χ3n) is 2.93. The number of rotatable bonds is 3.